The Balaban J connectivity index is 0.000000739. The highest BCUT2D eigenvalue weighted by Crippen LogP contribution is 2.34. The number of nitrogens with zero attached hydrogens (tertiary/aromatic N) is 2. The van der Waals surface area contributed by atoms with Crippen LogP contribution < -0.4 is 14.6 Å². The van der Waals surface area contributed by atoms with Crippen LogP contribution in [0.3, 0.4) is 0 Å². The lowest BCUT2D eigenvalue weighted by Gasteiger charge is -2.32. The van der Waals surface area contributed by atoms with Gasteiger partial charge in [0.25, 0.3) is 0 Å². The number of carboxylic acids is 1. The molecule has 0 radical (unpaired) electrons. The summed E-state index contributed by atoms with van der Waals surface area (Å²) in [6, 6.07) is 4.14. The van der Waals surface area contributed by atoms with Gasteiger partial charge in [-0.25, -0.2) is 27.5 Å². The number of methoxy groups -OCH3 is 1. The van der Waals surface area contributed by atoms with E-state index in [1.54, 1.807) is 6.07 Å². The molecule has 1 aromatic heterocycles. The topological polar surface area (TPSA) is 181 Å². The fraction of sp³-hybridized carbons (Fsp3) is 0.526. The van der Waals surface area contributed by atoms with Crippen LogP contribution in [-0.2, 0) is 26.9 Å². The molecule has 1 aliphatic rings. The molecule has 12 nitrogen and oxygen atoms in total. The van der Waals surface area contributed by atoms with Gasteiger partial charge in [-0.2, -0.15) is 8.42 Å². The lowest BCUT2D eigenvalue weighted by molar-refractivity contribution is 0.0694. The van der Waals surface area contributed by atoms with Crippen LogP contribution in [0, 0.1) is 11.7 Å². The Morgan fingerprint density at radius 3 is 2.35 bits per heavy atom. The van der Waals surface area contributed by atoms with Gasteiger partial charge in [0.05, 0.1) is 18.9 Å². The molecule has 192 valence electrons. The Labute approximate surface area is 197 Å². The van der Waals surface area contributed by atoms with Crippen LogP contribution in [0.4, 0.5) is 4.39 Å². The number of ether oxygens (including phenoxy) is 1. The van der Waals surface area contributed by atoms with E-state index in [0.717, 1.165) is 32.2 Å². The first-order valence-electron chi connectivity index (χ1n) is 10.2. The fourth-order valence-electron chi connectivity index (χ4n) is 3.94. The van der Waals surface area contributed by atoms with E-state index < -0.39 is 32.1 Å². The van der Waals surface area contributed by atoms with E-state index >= 15 is 0 Å². The van der Waals surface area contributed by atoms with Crippen LogP contribution in [0.5, 0.6) is 5.88 Å². The van der Waals surface area contributed by atoms with Crippen LogP contribution in [0.2, 0.25) is 0 Å². The molecule has 0 amide bonds. The van der Waals surface area contributed by atoms with Crippen molar-refractivity contribution in [1.82, 2.24) is 14.2 Å². The second-order valence-electron chi connectivity index (χ2n) is 7.93. The summed E-state index contributed by atoms with van der Waals surface area (Å²) >= 11 is 0. The van der Waals surface area contributed by atoms with Crippen LogP contribution in [0.1, 0.15) is 23.2 Å². The lowest BCUT2D eigenvalue weighted by atomic mass is 9.96. The number of hydrogen-bond acceptors (Lipinski definition) is 7. The Morgan fingerprint density at radius 2 is 1.85 bits per heavy atom. The third-order valence-electron chi connectivity index (χ3n) is 5.33. The minimum atomic E-state index is -4.17. The second-order valence-corrected chi connectivity index (χ2v) is 10.8. The Hall–Kier alpha value is -2.30. The van der Waals surface area contributed by atoms with Crippen molar-refractivity contribution >= 4 is 37.2 Å². The number of nitrogens with two attached hydrogens (primary N) is 1. The van der Waals surface area contributed by atoms with E-state index in [9.17, 15) is 22.7 Å². The zero-order chi connectivity index (χ0) is 25.7. The standard InChI is InChI=1S/C19H26FN3O5S.H3NO3S/c1-28-18-17(19(24)25)15-11-14(20)3-4-16(15)23(18)12-13-5-8-22(9-6-13)10-7-21-29(2,26)27;1-5(2,3)4/h3-4,11,13,21H,5-10,12H2,1-2H3,(H,24,25);(H3,1,2,3,4). The van der Waals surface area contributed by atoms with E-state index in [0.29, 0.717) is 36.5 Å². The number of benzene rings is 1. The van der Waals surface area contributed by atoms with E-state index in [2.05, 4.69) is 14.8 Å². The minimum Gasteiger partial charge on any atom is -0.482 e. The van der Waals surface area contributed by atoms with Crippen molar-refractivity contribution in [2.45, 2.75) is 19.4 Å². The fourth-order valence-corrected chi connectivity index (χ4v) is 4.41. The number of carbonyl (C=O) groups is 1. The van der Waals surface area contributed by atoms with Crippen LogP contribution in [0.25, 0.3) is 10.9 Å². The molecule has 0 spiro atoms. The van der Waals surface area contributed by atoms with Gasteiger partial charge in [-0.15, -0.1) is 0 Å². The first-order chi connectivity index (χ1) is 15.7. The SMILES string of the molecule is COc1c(C(=O)O)c2cc(F)ccc2n1CC1CCN(CCNS(C)(=O)=O)CC1.NS(=O)(=O)O. The number of carboxylic acid groups (broad SMARTS) is 1. The summed E-state index contributed by atoms with van der Waals surface area (Å²) in [4.78, 5) is 14.0. The number of sulfonamides is 1. The predicted octanol–water partition coefficient (Wildman–Crippen LogP) is 0.496. The van der Waals surface area contributed by atoms with Crippen molar-refractivity contribution in [3.05, 3.63) is 29.6 Å². The Kier molecular flexibility index (Phi) is 9.38. The van der Waals surface area contributed by atoms with Crippen molar-refractivity contribution in [3.8, 4) is 5.88 Å². The monoisotopic (exact) mass is 524 g/mol. The molecular formula is C19H29FN4O8S2. The maximum Gasteiger partial charge on any atom is 0.341 e. The van der Waals surface area contributed by atoms with Crippen molar-refractivity contribution in [3.63, 3.8) is 0 Å². The summed E-state index contributed by atoms with van der Waals surface area (Å²) in [6.07, 6.45) is 2.93. The van der Waals surface area contributed by atoms with Gasteiger partial charge < -0.3 is 19.3 Å². The van der Waals surface area contributed by atoms with E-state index in [4.69, 9.17) is 17.7 Å². The number of piperidine rings is 1. The number of aromatic nitrogens is 1. The van der Waals surface area contributed by atoms with E-state index in [-0.39, 0.29) is 11.4 Å². The molecule has 15 heteroatoms. The molecule has 2 aromatic rings. The number of halogens is 1. The molecule has 0 atom stereocenters. The maximum atomic E-state index is 13.7. The molecule has 1 fully saturated rings. The first kappa shape index (κ1) is 27.9. The molecule has 3 rings (SSSR count). The highest BCUT2D eigenvalue weighted by molar-refractivity contribution is 7.88. The zero-order valence-electron chi connectivity index (χ0n) is 18.8. The highest BCUT2D eigenvalue weighted by atomic mass is 32.2. The second kappa shape index (κ2) is 11.4. The van der Waals surface area contributed by atoms with Gasteiger partial charge in [0, 0.05) is 25.0 Å². The Morgan fingerprint density at radius 1 is 1.26 bits per heavy atom. The predicted molar refractivity (Wildman–Crippen MR) is 123 cm³/mol. The highest BCUT2D eigenvalue weighted by Gasteiger charge is 2.27. The number of aromatic carboxylic acids is 1. The van der Waals surface area contributed by atoms with Gasteiger partial charge in [-0.1, -0.05) is 0 Å². The van der Waals surface area contributed by atoms with Crippen LogP contribution in [-0.4, -0.2) is 81.5 Å². The van der Waals surface area contributed by atoms with Gasteiger partial charge in [0.15, 0.2) is 0 Å². The number of nitrogens with one attached hydrogen (secondary N) is 1. The summed E-state index contributed by atoms with van der Waals surface area (Å²) < 4.78 is 70.9. The van der Waals surface area contributed by atoms with Gasteiger partial charge in [0.1, 0.15) is 11.4 Å². The zero-order valence-corrected chi connectivity index (χ0v) is 20.4. The van der Waals surface area contributed by atoms with E-state index in [1.807, 2.05) is 4.57 Å². The first-order valence-corrected chi connectivity index (χ1v) is 13.6. The molecule has 5 N–H and O–H groups in total. The number of fused-ring (bicyclic) bond motifs is 1. The van der Waals surface area contributed by atoms with E-state index in [1.165, 1.54) is 19.2 Å². The smallest absolute Gasteiger partial charge is 0.341 e. The molecule has 34 heavy (non-hydrogen) atoms. The molecule has 1 aromatic carbocycles. The summed E-state index contributed by atoms with van der Waals surface area (Å²) in [5.74, 6) is -1.09. The van der Waals surface area contributed by atoms with Crippen LogP contribution in [0.15, 0.2) is 18.2 Å². The van der Waals surface area contributed by atoms with Crippen molar-refractivity contribution in [2.24, 2.45) is 11.1 Å². The van der Waals surface area contributed by atoms with Crippen molar-refractivity contribution < 1.29 is 40.4 Å². The normalized spacial score (nSPS) is 15.7. The molecule has 1 saturated heterocycles. The van der Waals surface area contributed by atoms with Gasteiger partial charge in [-0.3, -0.25) is 4.55 Å². The molecule has 0 unspecified atom stereocenters. The van der Waals surface area contributed by atoms with Gasteiger partial charge in [-0.05, 0) is 50.0 Å². The lowest BCUT2D eigenvalue weighted by Crippen LogP contribution is -2.40. The summed E-state index contributed by atoms with van der Waals surface area (Å²) in [7, 11) is -5.93. The van der Waals surface area contributed by atoms with Crippen LogP contribution >= 0.6 is 0 Å². The Bertz CT molecular complexity index is 1210. The largest absolute Gasteiger partial charge is 0.482 e. The van der Waals surface area contributed by atoms with Gasteiger partial charge in [0.2, 0.25) is 15.9 Å². The summed E-state index contributed by atoms with van der Waals surface area (Å²) in [5, 5.41) is 13.8. The number of hydrogen-bond donors (Lipinski definition) is 4. The average Bonchev–Trinajstić information content (AvgIpc) is 2.99. The molecule has 0 saturated carbocycles. The molecule has 2 heterocycles. The quantitative estimate of drug-likeness (QED) is 0.357. The minimum absolute atomic E-state index is 0.0220. The average molecular weight is 525 g/mol. The molecule has 0 aliphatic carbocycles. The molecular weight excluding hydrogens is 495 g/mol. The summed E-state index contributed by atoms with van der Waals surface area (Å²) in [5.41, 5.74) is 0.617. The third kappa shape index (κ3) is 8.48. The third-order valence-corrected chi connectivity index (χ3v) is 6.05. The summed E-state index contributed by atoms with van der Waals surface area (Å²) in [6.45, 7) is 3.27. The van der Waals surface area contributed by atoms with Crippen molar-refractivity contribution in [1.29, 1.82) is 0 Å². The van der Waals surface area contributed by atoms with Gasteiger partial charge >= 0.3 is 16.3 Å². The maximum absolute atomic E-state index is 13.7. The number of likely N-dealkylation sites (tertiary alicyclic amines) is 1. The number of rotatable bonds is 8. The molecule has 1 aliphatic heterocycles. The molecule has 0 bridgehead atoms. The van der Waals surface area contributed by atoms with Crippen molar-refractivity contribution in [2.75, 3.05) is 39.5 Å².